The topological polar surface area (TPSA) is 142 Å². The maximum atomic E-state index is 12.6. The number of allylic oxidation sites excluding steroid dienone is 1. The second kappa shape index (κ2) is 13.8. The largest absolute Gasteiger partial charge is 0.464 e. The Morgan fingerprint density at radius 1 is 1.09 bits per heavy atom. The molecule has 0 spiro atoms. The molecule has 1 rings (SSSR count). The van der Waals surface area contributed by atoms with Gasteiger partial charge in [-0.15, -0.1) is 0 Å². The Morgan fingerprint density at radius 2 is 1.70 bits per heavy atom. The van der Waals surface area contributed by atoms with Crippen molar-refractivity contribution in [2.75, 3.05) is 20.3 Å². The van der Waals surface area contributed by atoms with Gasteiger partial charge in [-0.3, -0.25) is 14.4 Å². The van der Waals surface area contributed by atoms with E-state index in [-0.39, 0.29) is 36.9 Å². The standard InChI is InChI=1S/C24H41NO8/c1-15(22(30)25-12-13-33-23(31)16-8-6-7-9-16)14-18(27)21(32-5)20(29)19(28)17(26)10-11-24(2,3)4/h10-11,15-17,19-21,26,28-29H,6-9,12-14H2,1-5H3,(H,25,30)/b11-10+/t15-,17-,19+,20-,21+/m1/s1. The number of amides is 1. The van der Waals surface area contributed by atoms with Crippen LogP contribution in [0.2, 0.25) is 0 Å². The molecule has 1 aliphatic carbocycles. The molecule has 1 amide bonds. The van der Waals surface area contributed by atoms with Crippen LogP contribution in [0, 0.1) is 17.3 Å². The fourth-order valence-electron chi connectivity index (χ4n) is 3.63. The van der Waals surface area contributed by atoms with Gasteiger partial charge in [-0.1, -0.05) is 52.7 Å². The lowest BCUT2D eigenvalue weighted by Crippen LogP contribution is -2.48. The summed E-state index contributed by atoms with van der Waals surface area (Å²) in [7, 11) is 1.21. The number of ether oxygens (including phenoxy) is 2. The highest BCUT2D eigenvalue weighted by atomic mass is 16.5. The molecule has 1 saturated carbocycles. The second-order valence-electron chi connectivity index (χ2n) is 9.86. The van der Waals surface area contributed by atoms with Gasteiger partial charge >= 0.3 is 5.97 Å². The smallest absolute Gasteiger partial charge is 0.308 e. The van der Waals surface area contributed by atoms with Crippen molar-refractivity contribution < 1.29 is 39.2 Å². The second-order valence-corrected chi connectivity index (χ2v) is 9.86. The Morgan fingerprint density at radius 3 is 2.24 bits per heavy atom. The number of Topliss-reactive ketones (excluding diaryl/α,β-unsaturated/α-hetero) is 1. The molecule has 33 heavy (non-hydrogen) atoms. The quantitative estimate of drug-likeness (QED) is 0.178. The van der Waals surface area contributed by atoms with E-state index in [0.717, 1.165) is 25.7 Å². The van der Waals surface area contributed by atoms with Crippen LogP contribution in [0.4, 0.5) is 0 Å². The maximum Gasteiger partial charge on any atom is 0.308 e. The summed E-state index contributed by atoms with van der Waals surface area (Å²) in [5, 5.41) is 33.3. The summed E-state index contributed by atoms with van der Waals surface area (Å²) in [6.45, 7) is 7.48. The first kappa shape index (κ1) is 29.2. The van der Waals surface area contributed by atoms with Crippen molar-refractivity contribution in [1.82, 2.24) is 5.32 Å². The SMILES string of the molecule is CO[C@@H](C(=O)C[C@@H](C)C(=O)NCCOC(=O)C1CCCC1)[C@H](O)[C@@H](O)[C@H](O)/C=C/C(C)(C)C. The Hall–Kier alpha value is -1.81. The van der Waals surface area contributed by atoms with Gasteiger partial charge in [-0.25, -0.2) is 0 Å². The average Bonchev–Trinajstić information content (AvgIpc) is 3.29. The normalized spacial score (nSPS) is 19.6. The molecule has 0 aromatic heterocycles. The number of carbonyl (C=O) groups is 3. The molecule has 0 radical (unpaired) electrons. The van der Waals surface area contributed by atoms with Crippen LogP contribution in [-0.2, 0) is 23.9 Å². The van der Waals surface area contributed by atoms with Crippen molar-refractivity contribution in [2.24, 2.45) is 17.3 Å². The van der Waals surface area contributed by atoms with E-state index in [1.807, 2.05) is 20.8 Å². The monoisotopic (exact) mass is 471 g/mol. The molecular formula is C24H41NO8. The van der Waals surface area contributed by atoms with E-state index < -0.39 is 42.0 Å². The van der Waals surface area contributed by atoms with E-state index in [1.165, 1.54) is 13.2 Å². The molecule has 0 aliphatic heterocycles. The molecule has 0 aromatic rings. The molecule has 4 N–H and O–H groups in total. The number of nitrogens with one attached hydrogen (secondary N) is 1. The van der Waals surface area contributed by atoms with Crippen molar-refractivity contribution in [3.63, 3.8) is 0 Å². The van der Waals surface area contributed by atoms with E-state index in [0.29, 0.717) is 0 Å². The highest BCUT2D eigenvalue weighted by Gasteiger charge is 2.36. The zero-order valence-corrected chi connectivity index (χ0v) is 20.5. The van der Waals surface area contributed by atoms with Gasteiger partial charge in [0.2, 0.25) is 5.91 Å². The molecule has 190 valence electrons. The summed E-state index contributed by atoms with van der Waals surface area (Å²) in [6, 6.07) is 0. The van der Waals surface area contributed by atoms with Gasteiger partial charge < -0.3 is 30.1 Å². The average molecular weight is 472 g/mol. The van der Waals surface area contributed by atoms with Crippen molar-refractivity contribution in [3.05, 3.63) is 12.2 Å². The molecule has 1 fully saturated rings. The minimum absolute atomic E-state index is 0.0486. The number of ketones is 1. The molecule has 1 aliphatic rings. The molecule has 0 saturated heterocycles. The third-order valence-electron chi connectivity index (χ3n) is 5.66. The summed E-state index contributed by atoms with van der Waals surface area (Å²) < 4.78 is 10.2. The van der Waals surface area contributed by atoms with Crippen LogP contribution in [0.15, 0.2) is 12.2 Å². The van der Waals surface area contributed by atoms with Gasteiger partial charge in [0.05, 0.1) is 12.5 Å². The lowest BCUT2D eigenvalue weighted by atomic mass is 9.92. The van der Waals surface area contributed by atoms with Gasteiger partial charge in [-0.05, 0) is 18.3 Å². The zero-order valence-electron chi connectivity index (χ0n) is 20.5. The maximum absolute atomic E-state index is 12.6. The Labute approximate surface area is 196 Å². The summed E-state index contributed by atoms with van der Waals surface area (Å²) >= 11 is 0. The Kier molecular flexibility index (Phi) is 12.2. The zero-order chi connectivity index (χ0) is 25.2. The van der Waals surface area contributed by atoms with E-state index in [1.54, 1.807) is 13.0 Å². The highest BCUT2D eigenvalue weighted by Crippen LogP contribution is 2.25. The molecule has 0 bridgehead atoms. The highest BCUT2D eigenvalue weighted by molar-refractivity contribution is 5.89. The van der Waals surface area contributed by atoms with Crippen molar-refractivity contribution in [1.29, 1.82) is 0 Å². The van der Waals surface area contributed by atoms with Crippen LogP contribution >= 0.6 is 0 Å². The van der Waals surface area contributed by atoms with Gasteiger partial charge in [0.25, 0.3) is 0 Å². The van der Waals surface area contributed by atoms with E-state index in [4.69, 9.17) is 9.47 Å². The first-order chi connectivity index (χ1) is 15.4. The van der Waals surface area contributed by atoms with Crippen LogP contribution < -0.4 is 5.32 Å². The van der Waals surface area contributed by atoms with Crippen LogP contribution in [0.25, 0.3) is 0 Å². The lowest BCUT2D eigenvalue weighted by molar-refractivity contribution is -0.149. The molecule has 5 atom stereocenters. The number of hydrogen-bond donors (Lipinski definition) is 4. The van der Waals surface area contributed by atoms with E-state index >= 15 is 0 Å². The van der Waals surface area contributed by atoms with Gasteiger partial charge in [0.1, 0.15) is 31.0 Å². The van der Waals surface area contributed by atoms with Crippen molar-refractivity contribution in [2.45, 2.75) is 84.2 Å². The Bertz CT molecular complexity index is 666. The first-order valence-corrected chi connectivity index (χ1v) is 11.6. The minimum Gasteiger partial charge on any atom is -0.464 e. The number of aliphatic hydroxyl groups is 3. The third kappa shape index (κ3) is 10.3. The number of rotatable bonds is 13. The van der Waals surface area contributed by atoms with E-state index in [2.05, 4.69) is 5.32 Å². The lowest BCUT2D eigenvalue weighted by Gasteiger charge is -2.27. The predicted molar refractivity (Wildman–Crippen MR) is 122 cm³/mol. The molecule has 0 aromatic carbocycles. The number of hydrogen-bond acceptors (Lipinski definition) is 8. The third-order valence-corrected chi connectivity index (χ3v) is 5.66. The number of esters is 1. The summed E-state index contributed by atoms with van der Waals surface area (Å²) in [5.74, 6) is -1.99. The fraction of sp³-hybridized carbons (Fsp3) is 0.792. The summed E-state index contributed by atoms with van der Waals surface area (Å²) in [5.41, 5.74) is -0.236. The molecular weight excluding hydrogens is 430 g/mol. The predicted octanol–water partition coefficient (Wildman–Crippen LogP) is 1.13. The number of aliphatic hydroxyl groups excluding tert-OH is 3. The number of methoxy groups -OCH3 is 1. The van der Waals surface area contributed by atoms with Crippen LogP contribution in [0.3, 0.4) is 0 Å². The van der Waals surface area contributed by atoms with Crippen molar-refractivity contribution >= 4 is 17.7 Å². The Balaban J connectivity index is 2.48. The molecule has 0 heterocycles. The van der Waals surface area contributed by atoms with E-state index in [9.17, 15) is 29.7 Å². The van der Waals surface area contributed by atoms with Crippen molar-refractivity contribution in [3.8, 4) is 0 Å². The fourth-order valence-corrected chi connectivity index (χ4v) is 3.63. The van der Waals surface area contributed by atoms with Crippen LogP contribution in [-0.4, -0.2) is 77.7 Å². The number of carbonyl (C=O) groups excluding carboxylic acids is 3. The molecule has 0 unspecified atom stereocenters. The molecule has 9 nitrogen and oxygen atoms in total. The van der Waals surface area contributed by atoms with Gasteiger partial charge in [0.15, 0.2) is 5.78 Å². The summed E-state index contributed by atoms with van der Waals surface area (Å²) in [6.07, 6.45) is 0.455. The van der Waals surface area contributed by atoms with Gasteiger partial charge in [0, 0.05) is 19.4 Å². The first-order valence-electron chi connectivity index (χ1n) is 11.6. The van der Waals surface area contributed by atoms with Gasteiger partial charge in [-0.2, -0.15) is 0 Å². The van der Waals surface area contributed by atoms with Crippen LogP contribution in [0.1, 0.15) is 59.8 Å². The molecule has 9 heteroatoms. The minimum atomic E-state index is -1.67. The summed E-state index contributed by atoms with van der Waals surface area (Å²) in [4.78, 5) is 36.7. The van der Waals surface area contributed by atoms with Crippen LogP contribution in [0.5, 0.6) is 0 Å².